The van der Waals surface area contributed by atoms with Crippen molar-refractivity contribution >= 4 is 11.9 Å². The SMILES string of the molecule is Fc1ccccc1CN1CC2(C1)OCCC2COCc1ccccn1.O=C(O)C(F)(F)F.O=C(O)C(F)(F)F. The van der Waals surface area contributed by atoms with Crippen LogP contribution in [0.5, 0.6) is 0 Å². The van der Waals surface area contributed by atoms with Gasteiger partial charge in [0.1, 0.15) is 5.82 Å². The number of likely N-dealkylation sites (tertiary alicyclic amines) is 1. The summed E-state index contributed by atoms with van der Waals surface area (Å²) in [6, 6.07) is 12.8. The summed E-state index contributed by atoms with van der Waals surface area (Å²) in [7, 11) is 0. The summed E-state index contributed by atoms with van der Waals surface area (Å²) in [5, 5.41) is 14.2. The van der Waals surface area contributed by atoms with E-state index in [9.17, 15) is 30.7 Å². The van der Waals surface area contributed by atoms with Gasteiger partial charge in [0.15, 0.2) is 0 Å². The molecule has 2 saturated heterocycles. The molecule has 1 atom stereocenters. The van der Waals surface area contributed by atoms with Crippen molar-refractivity contribution in [1.82, 2.24) is 9.88 Å². The van der Waals surface area contributed by atoms with Crippen LogP contribution in [0.4, 0.5) is 30.7 Å². The summed E-state index contributed by atoms with van der Waals surface area (Å²) in [6.45, 7) is 4.33. The average Bonchev–Trinajstić information content (AvgIpc) is 3.24. The fourth-order valence-electron chi connectivity index (χ4n) is 3.85. The Labute approximate surface area is 218 Å². The van der Waals surface area contributed by atoms with E-state index in [2.05, 4.69) is 9.88 Å². The van der Waals surface area contributed by atoms with Crippen molar-refractivity contribution in [2.45, 2.75) is 37.5 Å². The number of halogens is 7. The normalized spacial score (nSPS) is 18.3. The molecule has 2 aliphatic rings. The highest BCUT2D eigenvalue weighted by Crippen LogP contribution is 2.40. The molecule has 0 bridgehead atoms. The van der Waals surface area contributed by atoms with E-state index >= 15 is 0 Å². The molecule has 216 valence electrons. The van der Waals surface area contributed by atoms with Crippen LogP contribution in [0, 0.1) is 11.7 Å². The van der Waals surface area contributed by atoms with Gasteiger partial charge in [0.2, 0.25) is 0 Å². The fraction of sp³-hybridized carbons (Fsp3) is 0.458. The summed E-state index contributed by atoms with van der Waals surface area (Å²) >= 11 is 0. The van der Waals surface area contributed by atoms with Crippen LogP contribution < -0.4 is 0 Å². The number of rotatable bonds is 6. The lowest BCUT2D eigenvalue weighted by Crippen LogP contribution is -2.64. The average molecular weight is 570 g/mol. The minimum Gasteiger partial charge on any atom is -0.475 e. The zero-order valence-corrected chi connectivity index (χ0v) is 20.2. The number of carbonyl (C=O) groups is 2. The molecule has 2 aromatic rings. The van der Waals surface area contributed by atoms with Crippen LogP contribution in [-0.4, -0.2) is 76.3 Å². The number of carboxylic acids is 2. The maximum atomic E-state index is 13.8. The number of ether oxygens (including phenoxy) is 2. The Morgan fingerprint density at radius 3 is 2.08 bits per heavy atom. The molecule has 1 aromatic carbocycles. The minimum absolute atomic E-state index is 0.116. The second kappa shape index (κ2) is 13.7. The van der Waals surface area contributed by atoms with Crippen molar-refractivity contribution in [2.24, 2.45) is 5.92 Å². The first kappa shape index (κ1) is 31.9. The number of pyridine rings is 1. The highest BCUT2D eigenvalue weighted by Gasteiger charge is 2.52. The van der Waals surface area contributed by atoms with Gasteiger partial charge in [-0.3, -0.25) is 9.88 Å². The molecule has 2 aliphatic heterocycles. The van der Waals surface area contributed by atoms with E-state index in [1.807, 2.05) is 30.3 Å². The van der Waals surface area contributed by atoms with E-state index in [-0.39, 0.29) is 11.4 Å². The van der Waals surface area contributed by atoms with Crippen molar-refractivity contribution in [3.63, 3.8) is 0 Å². The van der Waals surface area contributed by atoms with Gasteiger partial charge in [0.25, 0.3) is 0 Å². The molecule has 0 radical (unpaired) electrons. The molecule has 2 N–H and O–H groups in total. The first-order valence-corrected chi connectivity index (χ1v) is 11.3. The van der Waals surface area contributed by atoms with Crippen molar-refractivity contribution in [3.05, 3.63) is 65.7 Å². The summed E-state index contributed by atoms with van der Waals surface area (Å²) in [5.41, 5.74) is 1.58. The van der Waals surface area contributed by atoms with E-state index in [0.717, 1.165) is 37.4 Å². The maximum absolute atomic E-state index is 13.8. The smallest absolute Gasteiger partial charge is 0.475 e. The molecule has 2 fully saturated rings. The second-order valence-electron chi connectivity index (χ2n) is 8.58. The number of alkyl halides is 6. The summed E-state index contributed by atoms with van der Waals surface area (Å²) in [4.78, 5) is 24.3. The second-order valence-corrected chi connectivity index (χ2v) is 8.58. The Balaban J connectivity index is 0.000000317. The maximum Gasteiger partial charge on any atom is 0.490 e. The van der Waals surface area contributed by atoms with Gasteiger partial charge in [0, 0.05) is 43.9 Å². The van der Waals surface area contributed by atoms with Crippen molar-refractivity contribution < 1.29 is 60.0 Å². The minimum atomic E-state index is -5.08. The standard InChI is InChI=1S/C20H23FN2O2.2C2HF3O2/c21-19-7-2-1-5-16(19)11-23-14-20(15-23)17(8-10-25-20)12-24-13-18-6-3-4-9-22-18;2*3-2(4,5)1(6)7/h1-7,9,17H,8,10-15H2;2*(H,6,7). The van der Waals surface area contributed by atoms with Crippen molar-refractivity contribution in [2.75, 3.05) is 26.3 Å². The quantitative estimate of drug-likeness (QED) is 0.496. The zero-order valence-electron chi connectivity index (χ0n) is 20.2. The van der Waals surface area contributed by atoms with Gasteiger partial charge < -0.3 is 19.7 Å². The van der Waals surface area contributed by atoms with E-state index in [1.54, 1.807) is 12.3 Å². The van der Waals surface area contributed by atoms with Crippen LogP contribution in [0.1, 0.15) is 17.7 Å². The van der Waals surface area contributed by atoms with Gasteiger partial charge in [-0.15, -0.1) is 0 Å². The third-order valence-corrected chi connectivity index (χ3v) is 5.71. The molecule has 3 heterocycles. The largest absolute Gasteiger partial charge is 0.490 e. The van der Waals surface area contributed by atoms with Gasteiger partial charge in [-0.25, -0.2) is 14.0 Å². The van der Waals surface area contributed by atoms with Gasteiger partial charge in [0.05, 0.1) is 24.5 Å². The number of benzene rings is 1. The molecule has 1 aromatic heterocycles. The number of hydrogen-bond donors (Lipinski definition) is 2. The predicted molar refractivity (Wildman–Crippen MR) is 120 cm³/mol. The molecule has 1 spiro atoms. The first-order valence-electron chi connectivity index (χ1n) is 11.3. The number of hydrogen-bond acceptors (Lipinski definition) is 6. The van der Waals surface area contributed by atoms with Gasteiger partial charge >= 0.3 is 24.3 Å². The van der Waals surface area contributed by atoms with Crippen LogP contribution in [0.25, 0.3) is 0 Å². The van der Waals surface area contributed by atoms with Gasteiger partial charge in [-0.1, -0.05) is 24.3 Å². The van der Waals surface area contributed by atoms with E-state index in [0.29, 0.717) is 25.7 Å². The lowest BCUT2D eigenvalue weighted by atomic mass is 9.81. The highest BCUT2D eigenvalue weighted by atomic mass is 19.4. The third kappa shape index (κ3) is 10.1. The van der Waals surface area contributed by atoms with Crippen LogP contribution in [0.15, 0.2) is 48.7 Å². The summed E-state index contributed by atoms with van der Waals surface area (Å²) in [5.74, 6) is -5.25. The monoisotopic (exact) mass is 570 g/mol. The summed E-state index contributed by atoms with van der Waals surface area (Å²) in [6.07, 6.45) is -7.36. The molecule has 15 heteroatoms. The Kier molecular flexibility index (Phi) is 11.2. The molecular weight excluding hydrogens is 545 g/mol. The lowest BCUT2D eigenvalue weighted by Gasteiger charge is -2.50. The van der Waals surface area contributed by atoms with E-state index in [4.69, 9.17) is 29.3 Å². The lowest BCUT2D eigenvalue weighted by molar-refractivity contribution is -0.193. The molecular formula is C24H25F7N2O6. The van der Waals surface area contributed by atoms with Crippen LogP contribution >= 0.6 is 0 Å². The van der Waals surface area contributed by atoms with Gasteiger partial charge in [-0.2, -0.15) is 26.3 Å². The molecule has 0 saturated carbocycles. The highest BCUT2D eigenvalue weighted by molar-refractivity contribution is 5.73. The Hall–Kier alpha value is -3.30. The van der Waals surface area contributed by atoms with Crippen molar-refractivity contribution in [3.8, 4) is 0 Å². The predicted octanol–water partition coefficient (Wildman–Crippen LogP) is 4.30. The molecule has 0 aliphatic carbocycles. The number of aromatic nitrogens is 1. The molecule has 1 unspecified atom stereocenters. The molecule has 4 rings (SSSR count). The number of carboxylic acid groups (broad SMARTS) is 2. The Morgan fingerprint density at radius 1 is 1.00 bits per heavy atom. The Morgan fingerprint density at radius 2 is 1.56 bits per heavy atom. The summed E-state index contributed by atoms with van der Waals surface area (Å²) < 4.78 is 89.2. The fourth-order valence-corrected chi connectivity index (χ4v) is 3.85. The van der Waals surface area contributed by atoms with Crippen LogP contribution in [0.2, 0.25) is 0 Å². The number of aliphatic carboxylic acids is 2. The molecule has 39 heavy (non-hydrogen) atoms. The third-order valence-electron chi connectivity index (χ3n) is 5.71. The van der Waals surface area contributed by atoms with Crippen LogP contribution in [-0.2, 0) is 32.2 Å². The van der Waals surface area contributed by atoms with Crippen LogP contribution in [0.3, 0.4) is 0 Å². The Bertz CT molecular complexity index is 1050. The van der Waals surface area contributed by atoms with E-state index < -0.39 is 24.3 Å². The topological polar surface area (TPSA) is 109 Å². The number of nitrogens with zero attached hydrogens (tertiary/aromatic N) is 2. The zero-order chi connectivity index (χ0) is 29.3. The molecule has 0 amide bonds. The van der Waals surface area contributed by atoms with Crippen molar-refractivity contribution in [1.29, 1.82) is 0 Å². The van der Waals surface area contributed by atoms with Gasteiger partial charge in [-0.05, 0) is 24.6 Å². The van der Waals surface area contributed by atoms with E-state index in [1.165, 1.54) is 6.07 Å². The first-order chi connectivity index (χ1) is 18.1. The molecule has 8 nitrogen and oxygen atoms in total.